The number of imidazole rings is 1. The molecule has 28 heavy (non-hydrogen) atoms. The Labute approximate surface area is 181 Å². The monoisotopic (exact) mass is 507 g/mol. The fraction of sp³-hybridized carbons (Fsp3) is 0.474. The highest BCUT2D eigenvalue weighted by molar-refractivity contribution is 14.0. The average molecular weight is 507 g/mol. The lowest BCUT2D eigenvalue weighted by Crippen LogP contribution is -2.39. The van der Waals surface area contributed by atoms with Gasteiger partial charge in [-0.3, -0.25) is 0 Å². The lowest BCUT2D eigenvalue weighted by molar-refractivity contribution is 0.304. The zero-order valence-corrected chi connectivity index (χ0v) is 18.7. The molecule has 0 aliphatic heterocycles. The summed E-state index contributed by atoms with van der Waals surface area (Å²) in [4.78, 5) is 8.89. The normalized spacial score (nSPS) is 11.3. The summed E-state index contributed by atoms with van der Waals surface area (Å²) in [6, 6.07) is 3.24. The Morgan fingerprint density at radius 2 is 2.07 bits per heavy atom. The lowest BCUT2D eigenvalue weighted by atomic mass is 10.2. The fourth-order valence-electron chi connectivity index (χ4n) is 2.47. The van der Waals surface area contributed by atoms with Crippen molar-refractivity contribution in [2.45, 2.75) is 33.9 Å². The van der Waals surface area contributed by atoms with E-state index in [9.17, 15) is 8.78 Å². The number of hydrogen-bond donors (Lipinski definition) is 2. The number of rotatable bonds is 9. The molecule has 0 amide bonds. The van der Waals surface area contributed by atoms with Crippen LogP contribution < -0.4 is 15.4 Å². The molecule has 0 spiro atoms. The van der Waals surface area contributed by atoms with Gasteiger partial charge in [0.05, 0.1) is 6.54 Å². The number of halogens is 3. The summed E-state index contributed by atoms with van der Waals surface area (Å²) in [5.41, 5.74) is 0. The Hall–Kier alpha value is -1.91. The van der Waals surface area contributed by atoms with Crippen molar-refractivity contribution in [1.29, 1.82) is 0 Å². The zero-order valence-electron chi connectivity index (χ0n) is 16.4. The second kappa shape index (κ2) is 12.5. The van der Waals surface area contributed by atoms with Gasteiger partial charge >= 0.3 is 0 Å². The molecule has 2 N–H and O–H groups in total. The van der Waals surface area contributed by atoms with Crippen LogP contribution in [-0.2, 0) is 13.1 Å². The molecule has 156 valence electrons. The van der Waals surface area contributed by atoms with Gasteiger partial charge in [-0.15, -0.1) is 24.0 Å². The number of benzene rings is 1. The first-order valence-electron chi connectivity index (χ1n) is 9.09. The topological polar surface area (TPSA) is 63.5 Å². The molecule has 6 nitrogen and oxygen atoms in total. The number of ether oxygens (including phenoxy) is 1. The van der Waals surface area contributed by atoms with E-state index in [2.05, 4.69) is 39.0 Å². The molecule has 0 aliphatic rings. The first kappa shape index (κ1) is 24.1. The minimum absolute atomic E-state index is 0. The van der Waals surface area contributed by atoms with Gasteiger partial charge < -0.3 is 19.9 Å². The first-order chi connectivity index (χ1) is 13.0. The highest BCUT2D eigenvalue weighted by Crippen LogP contribution is 2.17. The minimum atomic E-state index is -0.715. The van der Waals surface area contributed by atoms with Gasteiger partial charge in [-0.2, -0.15) is 0 Å². The van der Waals surface area contributed by atoms with Crippen LogP contribution in [0.2, 0.25) is 0 Å². The Kier molecular flexibility index (Phi) is 10.8. The van der Waals surface area contributed by atoms with E-state index in [1.807, 2.05) is 13.1 Å². The summed E-state index contributed by atoms with van der Waals surface area (Å²) < 4.78 is 33.8. The molecule has 9 heteroatoms. The van der Waals surface area contributed by atoms with Crippen LogP contribution >= 0.6 is 24.0 Å². The van der Waals surface area contributed by atoms with Crippen LogP contribution in [0.1, 0.15) is 26.6 Å². The van der Waals surface area contributed by atoms with Gasteiger partial charge in [-0.25, -0.2) is 18.8 Å². The van der Waals surface area contributed by atoms with E-state index >= 15 is 0 Å². The number of hydrogen-bond acceptors (Lipinski definition) is 3. The third-order valence-electron chi connectivity index (χ3n) is 3.63. The van der Waals surface area contributed by atoms with Gasteiger partial charge in [0.15, 0.2) is 17.5 Å². The number of nitrogens with zero attached hydrogens (tertiary/aromatic N) is 3. The van der Waals surface area contributed by atoms with Crippen LogP contribution in [0.4, 0.5) is 8.78 Å². The SMILES string of the molecule is CCNC(=NCc1nccn1CC(C)C)NCCOc1ccc(F)cc1F.I. The zero-order chi connectivity index (χ0) is 19.6. The molecule has 2 aromatic rings. The minimum Gasteiger partial charge on any atom is -0.489 e. The Balaban J connectivity index is 0.00000392. The molecule has 2 rings (SSSR count). The van der Waals surface area contributed by atoms with E-state index in [0.717, 1.165) is 24.5 Å². The van der Waals surface area contributed by atoms with Crippen molar-refractivity contribution in [1.82, 2.24) is 20.2 Å². The molecule has 0 aliphatic carbocycles. The van der Waals surface area contributed by atoms with E-state index in [4.69, 9.17) is 4.74 Å². The number of aliphatic imine (C=N–C) groups is 1. The van der Waals surface area contributed by atoms with E-state index in [1.54, 1.807) is 6.20 Å². The van der Waals surface area contributed by atoms with Crippen molar-refractivity contribution in [3.63, 3.8) is 0 Å². The van der Waals surface area contributed by atoms with Crippen molar-refractivity contribution < 1.29 is 13.5 Å². The van der Waals surface area contributed by atoms with E-state index in [0.29, 0.717) is 31.5 Å². The largest absolute Gasteiger partial charge is 0.489 e. The van der Waals surface area contributed by atoms with Crippen LogP contribution in [0.5, 0.6) is 5.75 Å². The average Bonchev–Trinajstić information content (AvgIpc) is 3.04. The number of guanidine groups is 1. The second-order valence-electron chi connectivity index (χ2n) is 6.43. The van der Waals surface area contributed by atoms with Crippen LogP contribution in [-0.4, -0.2) is 35.2 Å². The van der Waals surface area contributed by atoms with Gasteiger partial charge in [0.1, 0.15) is 24.8 Å². The lowest BCUT2D eigenvalue weighted by Gasteiger charge is -2.13. The summed E-state index contributed by atoms with van der Waals surface area (Å²) in [6.45, 7) is 8.97. The second-order valence-corrected chi connectivity index (χ2v) is 6.43. The highest BCUT2D eigenvalue weighted by atomic mass is 127. The Bertz CT molecular complexity index is 752. The van der Waals surface area contributed by atoms with Gasteiger partial charge in [-0.05, 0) is 25.0 Å². The quantitative estimate of drug-likeness (QED) is 0.236. The molecule has 1 heterocycles. The van der Waals surface area contributed by atoms with Crippen molar-refractivity contribution in [2.75, 3.05) is 19.7 Å². The van der Waals surface area contributed by atoms with Crippen LogP contribution in [0, 0.1) is 17.6 Å². The molecule has 0 bridgehead atoms. The molecular weight excluding hydrogens is 479 g/mol. The number of nitrogens with one attached hydrogen (secondary N) is 2. The van der Waals surface area contributed by atoms with Crippen molar-refractivity contribution in [3.05, 3.63) is 48.1 Å². The van der Waals surface area contributed by atoms with Crippen LogP contribution in [0.3, 0.4) is 0 Å². The standard InChI is InChI=1S/C19H27F2N5O.HI/c1-4-22-19(25-12-18-23-7-9-26(18)13-14(2)3)24-8-10-27-17-6-5-15(20)11-16(17)21;/h5-7,9,11,14H,4,8,10,12-13H2,1-3H3,(H2,22,24,25);1H. The maximum Gasteiger partial charge on any atom is 0.191 e. The molecule has 0 saturated carbocycles. The van der Waals surface area contributed by atoms with Gasteiger partial charge in [-0.1, -0.05) is 13.8 Å². The fourth-order valence-corrected chi connectivity index (χ4v) is 2.47. The van der Waals surface area contributed by atoms with Crippen molar-refractivity contribution in [3.8, 4) is 5.75 Å². The summed E-state index contributed by atoms with van der Waals surface area (Å²) in [7, 11) is 0. The first-order valence-corrected chi connectivity index (χ1v) is 9.09. The molecule has 0 saturated heterocycles. The molecule has 0 fully saturated rings. The molecule has 0 atom stereocenters. The highest BCUT2D eigenvalue weighted by Gasteiger charge is 2.06. The Morgan fingerprint density at radius 3 is 2.75 bits per heavy atom. The maximum absolute atomic E-state index is 13.5. The summed E-state index contributed by atoms with van der Waals surface area (Å²) >= 11 is 0. The predicted octanol–water partition coefficient (Wildman–Crippen LogP) is 3.57. The van der Waals surface area contributed by atoms with Crippen molar-refractivity contribution in [2.24, 2.45) is 10.9 Å². The molecule has 0 radical (unpaired) electrons. The smallest absolute Gasteiger partial charge is 0.191 e. The summed E-state index contributed by atoms with van der Waals surface area (Å²) in [5, 5.41) is 6.27. The van der Waals surface area contributed by atoms with E-state index < -0.39 is 11.6 Å². The molecule has 1 aromatic heterocycles. The molecule has 0 unspecified atom stereocenters. The Morgan fingerprint density at radius 1 is 1.29 bits per heavy atom. The van der Waals surface area contributed by atoms with Crippen LogP contribution in [0.25, 0.3) is 0 Å². The number of aromatic nitrogens is 2. The third kappa shape index (κ3) is 7.99. The van der Waals surface area contributed by atoms with Gasteiger partial charge in [0.25, 0.3) is 0 Å². The third-order valence-corrected chi connectivity index (χ3v) is 3.63. The summed E-state index contributed by atoms with van der Waals surface area (Å²) in [6.07, 6.45) is 3.73. The van der Waals surface area contributed by atoms with E-state index in [-0.39, 0.29) is 36.3 Å². The molecule has 1 aromatic carbocycles. The summed E-state index contributed by atoms with van der Waals surface area (Å²) in [5.74, 6) is 0.724. The van der Waals surface area contributed by atoms with Gasteiger partial charge in [0, 0.05) is 31.5 Å². The maximum atomic E-state index is 13.5. The van der Waals surface area contributed by atoms with E-state index in [1.165, 1.54) is 6.07 Å². The van der Waals surface area contributed by atoms with Gasteiger partial charge in [0.2, 0.25) is 0 Å². The predicted molar refractivity (Wildman–Crippen MR) is 117 cm³/mol. The van der Waals surface area contributed by atoms with Crippen molar-refractivity contribution >= 4 is 29.9 Å². The van der Waals surface area contributed by atoms with Crippen LogP contribution in [0.15, 0.2) is 35.6 Å². The molecular formula is C19H28F2IN5O.